The summed E-state index contributed by atoms with van der Waals surface area (Å²) in [6.07, 6.45) is 5.62. The molecule has 1 aliphatic carbocycles. The van der Waals surface area contributed by atoms with Gasteiger partial charge >= 0.3 is 0 Å². The molecule has 4 unspecified atom stereocenters. The van der Waals surface area contributed by atoms with E-state index in [1.165, 1.54) is 32.2 Å². The molecule has 2 aliphatic rings. The molecule has 0 amide bonds. The van der Waals surface area contributed by atoms with Crippen LogP contribution in [0.4, 0.5) is 0 Å². The fourth-order valence-corrected chi connectivity index (χ4v) is 3.35. The third kappa shape index (κ3) is 3.67. The summed E-state index contributed by atoms with van der Waals surface area (Å²) in [6, 6.07) is 0.427. The Morgan fingerprint density at radius 3 is 2.88 bits per heavy atom. The Balaban J connectivity index is 1.83. The lowest BCUT2D eigenvalue weighted by molar-refractivity contribution is -0.0270. The molecule has 0 bridgehead atoms. The SMILES string of the molecule is CCC1CCC(N)C(CN2CCOC(C)C2)C1. The lowest BCUT2D eigenvalue weighted by Gasteiger charge is -2.39. The number of ether oxygens (including phenoxy) is 1. The van der Waals surface area contributed by atoms with Crippen LogP contribution in [0.1, 0.15) is 39.5 Å². The minimum absolute atomic E-state index is 0.394. The molecule has 0 aromatic carbocycles. The number of nitrogens with zero attached hydrogens (tertiary/aromatic N) is 1. The highest BCUT2D eigenvalue weighted by Gasteiger charge is 2.29. The summed E-state index contributed by atoms with van der Waals surface area (Å²) >= 11 is 0. The van der Waals surface area contributed by atoms with Crippen LogP contribution in [0.2, 0.25) is 0 Å². The summed E-state index contributed by atoms with van der Waals surface area (Å²) in [4.78, 5) is 2.55. The van der Waals surface area contributed by atoms with E-state index in [0.717, 1.165) is 25.6 Å². The first-order valence-corrected chi connectivity index (χ1v) is 7.28. The molecular weight excluding hydrogens is 212 g/mol. The summed E-state index contributed by atoms with van der Waals surface area (Å²) in [6.45, 7) is 8.73. The van der Waals surface area contributed by atoms with Gasteiger partial charge in [0.05, 0.1) is 12.7 Å². The van der Waals surface area contributed by atoms with Gasteiger partial charge in [-0.25, -0.2) is 0 Å². The molecular formula is C14H28N2O. The Hall–Kier alpha value is -0.120. The molecule has 0 aromatic heterocycles. The zero-order chi connectivity index (χ0) is 12.3. The quantitative estimate of drug-likeness (QED) is 0.818. The van der Waals surface area contributed by atoms with Crippen molar-refractivity contribution in [2.45, 2.75) is 51.7 Å². The Morgan fingerprint density at radius 2 is 2.18 bits per heavy atom. The van der Waals surface area contributed by atoms with Gasteiger partial charge in [0.2, 0.25) is 0 Å². The van der Waals surface area contributed by atoms with Crippen molar-refractivity contribution in [3.05, 3.63) is 0 Å². The molecule has 3 nitrogen and oxygen atoms in total. The van der Waals surface area contributed by atoms with Crippen molar-refractivity contribution in [1.29, 1.82) is 0 Å². The van der Waals surface area contributed by atoms with Crippen LogP contribution in [0.5, 0.6) is 0 Å². The Labute approximate surface area is 106 Å². The largest absolute Gasteiger partial charge is 0.376 e. The first-order chi connectivity index (χ1) is 8.19. The number of rotatable bonds is 3. The molecule has 0 spiro atoms. The second kappa shape index (κ2) is 6.17. The molecule has 2 fully saturated rings. The van der Waals surface area contributed by atoms with E-state index in [1.54, 1.807) is 0 Å². The van der Waals surface area contributed by atoms with Crippen LogP contribution in [-0.2, 0) is 4.74 Å². The zero-order valence-electron chi connectivity index (χ0n) is 11.4. The van der Waals surface area contributed by atoms with Crippen LogP contribution >= 0.6 is 0 Å². The Morgan fingerprint density at radius 1 is 1.35 bits per heavy atom. The molecule has 1 aliphatic heterocycles. The van der Waals surface area contributed by atoms with Gasteiger partial charge in [0.25, 0.3) is 0 Å². The van der Waals surface area contributed by atoms with Gasteiger partial charge in [-0.2, -0.15) is 0 Å². The standard InChI is InChI=1S/C14H28N2O/c1-3-12-4-5-14(15)13(8-12)10-16-6-7-17-11(2)9-16/h11-14H,3-10,15H2,1-2H3. The first kappa shape index (κ1) is 13.3. The van der Waals surface area contributed by atoms with E-state index < -0.39 is 0 Å². The highest BCUT2D eigenvalue weighted by Crippen LogP contribution is 2.31. The van der Waals surface area contributed by atoms with Gasteiger partial charge in [-0.3, -0.25) is 4.90 Å². The smallest absolute Gasteiger partial charge is 0.0674 e. The number of hydrogen-bond donors (Lipinski definition) is 1. The first-order valence-electron chi connectivity index (χ1n) is 7.28. The molecule has 2 N–H and O–H groups in total. The summed E-state index contributed by atoms with van der Waals surface area (Å²) < 4.78 is 5.59. The molecule has 1 saturated carbocycles. The molecule has 0 radical (unpaired) electrons. The van der Waals surface area contributed by atoms with Gasteiger partial charge in [-0.15, -0.1) is 0 Å². The van der Waals surface area contributed by atoms with Crippen molar-refractivity contribution in [1.82, 2.24) is 4.90 Å². The lowest BCUT2D eigenvalue weighted by atomic mass is 9.77. The summed E-state index contributed by atoms with van der Waals surface area (Å²) in [5.74, 6) is 1.62. The van der Waals surface area contributed by atoms with Crippen LogP contribution < -0.4 is 5.73 Å². The Bertz CT molecular complexity index is 234. The van der Waals surface area contributed by atoms with Gasteiger partial charge in [0, 0.05) is 25.7 Å². The third-order valence-electron chi connectivity index (χ3n) is 4.55. The van der Waals surface area contributed by atoms with E-state index in [4.69, 9.17) is 10.5 Å². The van der Waals surface area contributed by atoms with E-state index in [-0.39, 0.29) is 0 Å². The fourth-order valence-electron chi connectivity index (χ4n) is 3.35. The van der Waals surface area contributed by atoms with Crippen LogP contribution in [-0.4, -0.2) is 43.3 Å². The topological polar surface area (TPSA) is 38.5 Å². The van der Waals surface area contributed by atoms with Crippen molar-refractivity contribution < 1.29 is 4.74 Å². The fraction of sp³-hybridized carbons (Fsp3) is 1.00. The predicted molar refractivity (Wildman–Crippen MR) is 71.0 cm³/mol. The maximum atomic E-state index is 6.29. The van der Waals surface area contributed by atoms with Crippen LogP contribution in [0.25, 0.3) is 0 Å². The Kier molecular flexibility index (Phi) is 4.83. The van der Waals surface area contributed by atoms with E-state index in [9.17, 15) is 0 Å². The molecule has 17 heavy (non-hydrogen) atoms. The predicted octanol–water partition coefficient (Wildman–Crippen LogP) is 1.86. The number of morpholine rings is 1. The van der Waals surface area contributed by atoms with E-state index >= 15 is 0 Å². The van der Waals surface area contributed by atoms with E-state index in [0.29, 0.717) is 18.1 Å². The van der Waals surface area contributed by atoms with Crippen molar-refractivity contribution >= 4 is 0 Å². The molecule has 2 rings (SSSR count). The highest BCUT2D eigenvalue weighted by atomic mass is 16.5. The van der Waals surface area contributed by atoms with Crippen LogP contribution in [0.15, 0.2) is 0 Å². The van der Waals surface area contributed by atoms with Gasteiger partial charge < -0.3 is 10.5 Å². The van der Waals surface area contributed by atoms with E-state index in [1.807, 2.05) is 0 Å². The van der Waals surface area contributed by atoms with Gasteiger partial charge in [-0.1, -0.05) is 13.3 Å². The third-order valence-corrected chi connectivity index (χ3v) is 4.55. The van der Waals surface area contributed by atoms with Gasteiger partial charge in [0.1, 0.15) is 0 Å². The maximum Gasteiger partial charge on any atom is 0.0674 e. The van der Waals surface area contributed by atoms with Crippen LogP contribution in [0, 0.1) is 11.8 Å². The molecule has 1 saturated heterocycles. The minimum Gasteiger partial charge on any atom is -0.376 e. The molecule has 3 heteroatoms. The second-order valence-electron chi connectivity index (χ2n) is 5.95. The van der Waals surface area contributed by atoms with Crippen LogP contribution in [0.3, 0.4) is 0 Å². The second-order valence-corrected chi connectivity index (χ2v) is 5.95. The van der Waals surface area contributed by atoms with Crippen molar-refractivity contribution in [2.75, 3.05) is 26.2 Å². The minimum atomic E-state index is 0.394. The van der Waals surface area contributed by atoms with E-state index in [2.05, 4.69) is 18.7 Å². The maximum absolute atomic E-state index is 6.29. The monoisotopic (exact) mass is 240 g/mol. The highest BCUT2D eigenvalue weighted by molar-refractivity contribution is 4.85. The summed E-state index contributed by atoms with van der Waals surface area (Å²) in [7, 11) is 0. The van der Waals surface area contributed by atoms with Gasteiger partial charge in [0.15, 0.2) is 0 Å². The summed E-state index contributed by atoms with van der Waals surface area (Å²) in [5, 5.41) is 0. The molecule has 100 valence electrons. The number of nitrogens with two attached hydrogens (primary N) is 1. The van der Waals surface area contributed by atoms with Gasteiger partial charge in [-0.05, 0) is 38.0 Å². The average Bonchev–Trinajstić information content (AvgIpc) is 2.32. The number of hydrogen-bond acceptors (Lipinski definition) is 3. The molecule has 1 heterocycles. The molecule has 4 atom stereocenters. The van der Waals surface area contributed by atoms with Crippen molar-refractivity contribution in [3.63, 3.8) is 0 Å². The lowest BCUT2D eigenvalue weighted by Crippen LogP contribution is -2.48. The zero-order valence-corrected chi connectivity index (χ0v) is 11.4. The summed E-state index contributed by atoms with van der Waals surface area (Å²) in [5.41, 5.74) is 6.29. The normalized spacial score (nSPS) is 40.4. The average molecular weight is 240 g/mol. The van der Waals surface area contributed by atoms with Crippen molar-refractivity contribution in [3.8, 4) is 0 Å². The van der Waals surface area contributed by atoms with Crippen molar-refractivity contribution in [2.24, 2.45) is 17.6 Å². The molecule has 0 aromatic rings.